The number of carbonyl (C=O) groups is 1. The summed E-state index contributed by atoms with van der Waals surface area (Å²) in [5.74, 6) is -0.308. The molecule has 1 rings (SSSR count). The third kappa shape index (κ3) is 4.80. The minimum Gasteiger partial charge on any atom is -0.369 e. The van der Waals surface area contributed by atoms with Gasteiger partial charge in [-0.15, -0.1) is 0 Å². The largest absolute Gasteiger partial charge is 0.369 e. The van der Waals surface area contributed by atoms with Gasteiger partial charge in [-0.1, -0.05) is 0 Å². The van der Waals surface area contributed by atoms with Crippen LogP contribution >= 0.6 is 0 Å². The van der Waals surface area contributed by atoms with Crippen molar-refractivity contribution in [1.82, 2.24) is 4.98 Å². The maximum absolute atomic E-state index is 11.4. The first kappa shape index (κ1) is 14.6. The van der Waals surface area contributed by atoms with Gasteiger partial charge in [-0.05, 0) is 26.0 Å². The van der Waals surface area contributed by atoms with Crippen molar-refractivity contribution in [2.45, 2.75) is 25.0 Å². The first-order valence-corrected chi connectivity index (χ1v) is 7.26. The van der Waals surface area contributed by atoms with Gasteiger partial charge in [-0.3, -0.25) is 4.79 Å². The van der Waals surface area contributed by atoms with Crippen molar-refractivity contribution < 1.29 is 17.9 Å². The molecule has 0 fully saturated rings. The third-order valence-electron chi connectivity index (χ3n) is 1.95. The van der Waals surface area contributed by atoms with Crippen LogP contribution in [-0.2, 0) is 19.4 Å². The van der Waals surface area contributed by atoms with E-state index in [1.54, 1.807) is 0 Å². The Labute approximate surface area is 106 Å². The molecule has 7 heteroatoms. The Hall–Kier alpha value is -1.47. The van der Waals surface area contributed by atoms with Crippen molar-refractivity contribution in [1.29, 1.82) is 0 Å². The molecule has 0 saturated carbocycles. The third-order valence-corrected chi connectivity index (χ3v) is 2.95. The number of rotatable bonds is 5. The van der Waals surface area contributed by atoms with Crippen LogP contribution in [0.15, 0.2) is 23.4 Å². The molecule has 0 saturated heterocycles. The SMILES string of the molecule is CC(C)OCC(=O)Nc1ccc(S(C)(=O)=O)nc1. The van der Waals surface area contributed by atoms with Crippen molar-refractivity contribution in [3.8, 4) is 0 Å². The van der Waals surface area contributed by atoms with Crippen LogP contribution in [-0.4, -0.2) is 38.3 Å². The van der Waals surface area contributed by atoms with Crippen LogP contribution in [0.4, 0.5) is 5.69 Å². The normalized spacial score (nSPS) is 11.6. The Morgan fingerprint density at radius 2 is 2.11 bits per heavy atom. The fraction of sp³-hybridized carbons (Fsp3) is 0.455. The number of ether oxygens (including phenoxy) is 1. The lowest BCUT2D eigenvalue weighted by Gasteiger charge is -2.08. The molecular formula is C11H16N2O4S. The fourth-order valence-electron chi connectivity index (χ4n) is 1.11. The highest BCUT2D eigenvalue weighted by molar-refractivity contribution is 7.90. The smallest absolute Gasteiger partial charge is 0.250 e. The number of sulfone groups is 1. The summed E-state index contributed by atoms with van der Waals surface area (Å²) >= 11 is 0. The van der Waals surface area contributed by atoms with Crippen molar-refractivity contribution in [3.63, 3.8) is 0 Å². The van der Waals surface area contributed by atoms with Gasteiger partial charge in [0.25, 0.3) is 0 Å². The summed E-state index contributed by atoms with van der Waals surface area (Å²) in [6.07, 6.45) is 2.34. The highest BCUT2D eigenvalue weighted by atomic mass is 32.2. The molecule has 1 amide bonds. The fourth-order valence-corrected chi connectivity index (χ4v) is 1.67. The molecule has 1 heterocycles. The second kappa shape index (κ2) is 5.92. The lowest BCUT2D eigenvalue weighted by atomic mass is 10.4. The number of pyridine rings is 1. The number of aromatic nitrogens is 1. The molecule has 0 aliphatic rings. The number of nitrogens with zero attached hydrogens (tertiary/aromatic N) is 1. The van der Waals surface area contributed by atoms with Gasteiger partial charge in [0.1, 0.15) is 6.61 Å². The second-order valence-electron chi connectivity index (χ2n) is 4.07. The van der Waals surface area contributed by atoms with Gasteiger partial charge in [0.2, 0.25) is 5.91 Å². The molecule has 0 aromatic carbocycles. The lowest BCUT2D eigenvalue weighted by Crippen LogP contribution is -2.20. The molecule has 0 aliphatic carbocycles. The van der Waals surface area contributed by atoms with E-state index >= 15 is 0 Å². The van der Waals surface area contributed by atoms with Crippen LogP contribution in [0.2, 0.25) is 0 Å². The van der Waals surface area contributed by atoms with Crippen molar-refractivity contribution in [2.24, 2.45) is 0 Å². The predicted molar refractivity (Wildman–Crippen MR) is 67.1 cm³/mol. The maximum Gasteiger partial charge on any atom is 0.250 e. The van der Waals surface area contributed by atoms with Crippen molar-refractivity contribution in [3.05, 3.63) is 18.3 Å². The summed E-state index contributed by atoms with van der Waals surface area (Å²) in [5, 5.41) is 2.53. The van der Waals surface area contributed by atoms with Crippen LogP contribution in [0.5, 0.6) is 0 Å². The predicted octanol–water partition coefficient (Wildman–Crippen LogP) is 0.849. The summed E-state index contributed by atoms with van der Waals surface area (Å²) in [6.45, 7) is 3.61. The van der Waals surface area contributed by atoms with Gasteiger partial charge in [0.15, 0.2) is 14.9 Å². The topological polar surface area (TPSA) is 85.4 Å². The Morgan fingerprint density at radius 3 is 2.56 bits per heavy atom. The number of nitrogens with one attached hydrogen (secondary N) is 1. The molecule has 1 aromatic rings. The zero-order valence-electron chi connectivity index (χ0n) is 10.5. The molecule has 0 radical (unpaired) electrons. The van der Waals surface area contributed by atoms with Crippen LogP contribution in [0, 0.1) is 0 Å². The van der Waals surface area contributed by atoms with E-state index in [-0.39, 0.29) is 23.6 Å². The van der Waals surface area contributed by atoms with E-state index in [4.69, 9.17) is 4.74 Å². The van der Waals surface area contributed by atoms with Crippen LogP contribution in [0.3, 0.4) is 0 Å². The van der Waals surface area contributed by atoms with Gasteiger partial charge in [0.05, 0.1) is 18.0 Å². The molecule has 0 atom stereocenters. The van der Waals surface area contributed by atoms with Crippen LogP contribution in [0.25, 0.3) is 0 Å². The van der Waals surface area contributed by atoms with Crippen LogP contribution in [0.1, 0.15) is 13.8 Å². The van der Waals surface area contributed by atoms with Gasteiger partial charge >= 0.3 is 0 Å². The van der Waals surface area contributed by atoms with Crippen molar-refractivity contribution in [2.75, 3.05) is 18.2 Å². The van der Waals surface area contributed by atoms with E-state index in [1.807, 2.05) is 13.8 Å². The quantitative estimate of drug-likeness (QED) is 0.858. The number of hydrogen-bond acceptors (Lipinski definition) is 5. The first-order chi connectivity index (χ1) is 8.29. The van der Waals surface area contributed by atoms with E-state index < -0.39 is 9.84 Å². The molecule has 100 valence electrons. The minimum atomic E-state index is -3.32. The average Bonchev–Trinajstić information content (AvgIpc) is 2.26. The Morgan fingerprint density at radius 1 is 1.44 bits per heavy atom. The summed E-state index contributed by atoms with van der Waals surface area (Å²) < 4.78 is 27.5. The summed E-state index contributed by atoms with van der Waals surface area (Å²) in [7, 11) is -3.32. The molecule has 0 bridgehead atoms. The minimum absolute atomic E-state index is 0.0264. The van der Waals surface area contributed by atoms with E-state index in [9.17, 15) is 13.2 Å². The zero-order valence-corrected chi connectivity index (χ0v) is 11.3. The van der Waals surface area contributed by atoms with E-state index in [0.29, 0.717) is 5.69 Å². The number of hydrogen-bond donors (Lipinski definition) is 1. The van der Waals surface area contributed by atoms with Gasteiger partial charge in [0, 0.05) is 6.26 Å². The molecule has 0 aliphatic heterocycles. The average molecular weight is 272 g/mol. The molecule has 1 aromatic heterocycles. The second-order valence-corrected chi connectivity index (χ2v) is 6.03. The van der Waals surface area contributed by atoms with Crippen molar-refractivity contribution >= 4 is 21.4 Å². The number of anilines is 1. The Bertz CT molecular complexity index is 508. The molecule has 1 N–H and O–H groups in total. The maximum atomic E-state index is 11.4. The van der Waals surface area contributed by atoms with E-state index in [1.165, 1.54) is 18.3 Å². The highest BCUT2D eigenvalue weighted by Gasteiger charge is 2.09. The molecule has 18 heavy (non-hydrogen) atoms. The van der Waals surface area contributed by atoms with E-state index in [2.05, 4.69) is 10.3 Å². The summed E-state index contributed by atoms with van der Waals surface area (Å²) in [6, 6.07) is 2.82. The Balaban J connectivity index is 2.62. The van der Waals surface area contributed by atoms with Gasteiger partial charge < -0.3 is 10.1 Å². The molecular weight excluding hydrogens is 256 g/mol. The van der Waals surface area contributed by atoms with E-state index in [0.717, 1.165) is 6.26 Å². The molecule has 0 spiro atoms. The van der Waals surface area contributed by atoms with Gasteiger partial charge in [-0.2, -0.15) is 0 Å². The highest BCUT2D eigenvalue weighted by Crippen LogP contribution is 2.10. The molecule has 6 nitrogen and oxygen atoms in total. The Kier molecular flexibility index (Phi) is 4.80. The number of carbonyl (C=O) groups excluding carboxylic acids is 1. The number of amides is 1. The van der Waals surface area contributed by atoms with Crippen LogP contribution < -0.4 is 5.32 Å². The lowest BCUT2D eigenvalue weighted by molar-refractivity contribution is -0.121. The zero-order chi connectivity index (χ0) is 13.8. The monoisotopic (exact) mass is 272 g/mol. The first-order valence-electron chi connectivity index (χ1n) is 5.36. The summed E-state index contributed by atoms with van der Waals surface area (Å²) in [5.41, 5.74) is 0.430. The summed E-state index contributed by atoms with van der Waals surface area (Å²) in [4.78, 5) is 15.2. The standard InChI is InChI=1S/C11H16N2O4S/c1-8(2)17-7-10(14)13-9-4-5-11(12-6-9)18(3,15)16/h4-6,8H,7H2,1-3H3,(H,13,14). The van der Waals surface area contributed by atoms with Gasteiger partial charge in [-0.25, -0.2) is 13.4 Å². The molecule has 0 unspecified atom stereocenters.